The highest BCUT2D eigenvalue weighted by molar-refractivity contribution is 8.01. The highest BCUT2D eigenvalue weighted by Crippen LogP contribution is 2.28. The van der Waals surface area contributed by atoms with Crippen LogP contribution >= 0.6 is 23.1 Å². The Morgan fingerprint density at radius 1 is 1.33 bits per heavy atom. The van der Waals surface area contributed by atoms with Gasteiger partial charge >= 0.3 is 0 Å². The molecule has 1 aromatic carbocycles. The highest BCUT2D eigenvalue weighted by Gasteiger charge is 2.24. The molecule has 7 heteroatoms. The summed E-state index contributed by atoms with van der Waals surface area (Å²) in [6.45, 7) is 0.114. The number of nitrogens with one attached hydrogen (secondary N) is 1. The molecule has 1 aromatic heterocycles. The van der Waals surface area contributed by atoms with Gasteiger partial charge in [-0.2, -0.15) is 0 Å². The first-order valence-corrected chi connectivity index (χ1v) is 9.65. The molecule has 0 spiro atoms. The SMILES string of the molecule is CN(CC(=O)NC1CC1)C(=O)CSc1nc(-c2ccccc2)cs1. The smallest absolute Gasteiger partial charge is 0.239 e. The maximum absolute atomic E-state index is 12.1. The van der Waals surface area contributed by atoms with E-state index in [1.807, 2.05) is 35.7 Å². The Morgan fingerprint density at radius 2 is 2.08 bits per heavy atom. The molecule has 24 heavy (non-hydrogen) atoms. The van der Waals surface area contributed by atoms with Crippen molar-refractivity contribution in [1.82, 2.24) is 15.2 Å². The van der Waals surface area contributed by atoms with Gasteiger partial charge in [0.1, 0.15) is 0 Å². The van der Waals surface area contributed by atoms with Crippen LogP contribution in [0.4, 0.5) is 0 Å². The summed E-state index contributed by atoms with van der Waals surface area (Å²) < 4.78 is 0.859. The lowest BCUT2D eigenvalue weighted by molar-refractivity contribution is -0.132. The van der Waals surface area contributed by atoms with Crippen LogP contribution in [0.2, 0.25) is 0 Å². The zero-order valence-electron chi connectivity index (χ0n) is 13.4. The van der Waals surface area contributed by atoms with E-state index in [1.54, 1.807) is 7.05 Å². The standard InChI is InChI=1S/C17H19N3O2S2/c1-20(9-15(21)18-13-7-8-13)16(22)11-24-17-19-14(10-23-17)12-5-3-2-4-6-12/h2-6,10,13H,7-9,11H2,1H3,(H,18,21). The number of likely N-dealkylation sites (N-methyl/N-ethyl adjacent to an activating group) is 1. The molecule has 1 aliphatic carbocycles. The van der Waals surface area contributed by atoms with Crippen LogP contribution in [0.5, 0.6) is 0 Å². The molecule has 2 aromatic rings. The molecule has 0 unspecified atom stereocenters. The van der Waals surface area contributed by atoms with Gasteiger partial charge in [0.25, 0.3) is 0 Å². The molecule has 1 fully saturated rings. The number of hydrogen-bond donors (Lipinski definition) is 1. The Bertz CT molecular complexity index is 714. The second-order valence-electron chi connectivity index (χ2n) is 5.74. The first-order chi connectivity index (χ1) is 11.6. The second-order valence-corrected chi connectivity index (χ2v) is 7.83. The fourth-order valence-corrected chi connectivity index (χ4v) is 3.88. The number of rotatable bonds is 7. The quantitative estimate of drug-likeness (QED) is 0.770. The monoisotopic (exact) mass is 361 g/mol. The molecule has 1 aliphatic rings. The van der Waals surface area contributed by atoms with Crippen molar-refractivity contribution in [2.24, 2.45) is 0 Å². The van der Waals surface area contributed by atoms with Gasteiger partial charge in [-0.3, -0.25) is 9.59 Å². The number of carbonyl (C=O) groups is 2. The number of nitrogens with zero attached hydrogens (tertiary/aromatic N) is 2. The van der Waals surface area contributed by atoms with Crippen molar-refractivity contribution >= 4 is 34.9 Å². The van der Waals surface area contributed by atoms with E-state index < -0.39 is 0 Å². The Kier molecular flexibility index (Phi) is 5.52. The molecule has 3 rings (SSSR count). The molecule has 0 bridgehead atoms. The number of benzene rings is 1. The van der Waals surface area contributed by atoms with E-state index in [4.69, 9.17) is 0 Å². The lowest BCUT2D eigenvalue weighted by Crippen LogP contribution is -2.39. The summed E-state index contributed by atoms with van der Waals surface area (Å²) in [6, 6.07) is 10.3. The molecule has 5 nitrogen and oxygen atoms in total. The number of hydrogen-bond acceptors (Lipinski definition) is 5. The van der Waals surface area contributed by atoms with Gasteiger partial charge in [-0.05, 0) is 12.8 Å². The Hall–Kier alpha value is -1.86. The van der Waals surface area contributed by atoms with E-state index in [0.717, 1.165) is 28.4 Å². The fraction of sp³-hybridized carbons (Fsp3) is 0.353. The van der Waals surface area contributed by atoms with Crippen LogP contribution in [0, 0.1) is 0 Å². The number of thioether (sulfide) groups is 1. The molecular formula is C17H19N3O2S2. The van der Waals surface area contributed by atoms with E-state index in [1.165, 1.54) is 28.0 Å². The van der Waals surface area contributed by atoms with Crippen molar-refractivity contribution < 1.29 is 9.59 Å². The van der Waals surface area contributed by atoms with E-state index in [9.17, 15) is 9.59 Å². The van der Waals surface area contributed by atoms with Crippen molar-refractivity contribution in [3.63, 3.8) is 0 Å². The fourth-order valence-electron chi connectivity index (χ4n) is 2.10. The first-order valence-electron chi connectivity index (χ1n) is 7.79. The predicted molar refractivity (Wildman–Crippen MR) is 97.1 cm³/mol. The minimum Gasteiger partial charge on any atom is -0.352 e. The lowest BCUT2D eigenvalue weighted by Gasteiger charge is -2.16. The van der Waals surface area contributed by atoms with Crippen molar-refractivity contribution in [2.75, 3.05) is 19.3 Å². The first kappa shape index (κ1) is 17.0. The van der Waals surface area contributed by atoms with E-state index in [-0.39, 0.29) is 24.1 Å². The van der Waals surface area contributed by atoms with Gasteiger partial charge in [0, 0.05) is 24.0 Å². The average molecular weight is 361 g/mol. The van der Waals surface area contributed by atoms with Crippen molar-refractivity contribution in [2.45, 2.75) is 23.2 Å². The summed E-state index contributed by atoms with van der Waals surface area (Å²) in [6.07, 6.45) is 2.10. The molecule has 1 saturated carbocycles. The molecule has 0 aliphatic heterocycles. The summed E-state index contributed by atoms with van der Waals surface area (Å²) in [5, 5.41) is 4.88. The van der Waals surface area contributed by atoms with E-state index in [0.29, 0.717) is 6.04 Å². The normalized spacial score (nSPS) is 13.5. The van der Waals surface area contributed by atoms with Crippen LogP contribution in [-0.4, -0.2) is 47.1 Å². The maximum atomic E-state index is 12.1. The minimum atomic E-state index is -0.0843. The number of amides is 2. The molecule has 2 amide bonds. The van der Waals surface area contributed by atoms with Gasteiger partial charge in [-0.1, -0.05) is 42.1 Å². The van der Waals surface area contributed by atoms with E-state index >= 15 is 0 Å². The van der Waals surface area contributed by atoms with Crippen LogP contribution < -0.4 is 5.32 Å². The highest BCUT2D eigenvalue weighted by atomic mass is 32.2. The molecule has 0 atom stereocenters. The largest absolute Gasteiger partial charge is 0.352 e. The minimum absolute atomic E-state index is 0.0672. The molecule has 0 radical (unpaired) electrons. The van der Waals surface area contributed by atoms with Crippen LogP contribution in [0.25, 0.3) is 11.3 Å². The average Bonchev–Trinajstić information content (AvgIpc) is 3.26. The third kappa shape index (κ3) is 4.82. The Morgan fingerprint density at radius 3 is 2.79 bits per heavy atom. The summed E-state index contributed by atoms with van der Waals surface area (Å²) in [5.74, 6) is 0.135. The van der Waals surface area contributed by atoms with Crippen LogP contribution in [0.1, 0.15) is 12.8 Å². The van der Waals surface area contributed by atoms with Gasteiger partial charge < -0.3 is 10.2 Å². The third-order valence-corrected chi connectivity index (χ3v) is 5.63. The van der Waals surface area contributed by atoms with Gasteiger partial charge in [0.05, 0.1) is 18.0 Å². The van der Waals surface area contributed by atoms with Gasteiger partial charge in [-0.15, -0.1) is 11.3 Å². The van der Waals surface area contributed by atoms with Crippen molar-refractivity contribution in [3.05, 3.63) is 35.7 Å². The summed E-state index contributed by atoms with van der Waals surface area (Å²) in [5.41, 5.74) is 1.99. The molecule has 1 N–H and O–H groups in total. The number of thiazole rings is 1. The molecule has 1 heterocycles. The summed E-state index contributed by atoms with van der Waals surface area (Å²) in [4.78, 5) is 29.9. The van der Waals surface area contributed by atoms with Crippen LogP contribution in [0.15, 0.2) is 40.1 Å². The van der Waals surface area contributed by atoms with Crippen LogP contribution in [0.3, 0.4) is 0 Å². The third-order valence-electron chi connectivity index (χ3n) is 3.62. The van der Waals surface area contributed by atoms with Crippen molar-refractivity contribution in [3.8, 4) is 11.3 Å². The molecular weight excluding hydrogens is 342 g/mol. The predicted octanol–water partition coefficient (Wildman–Crippen LogP) is 2.64. The summed E-state index contributed by atoms with van der Waals surface area (Å²) >= 11 is 2.94. The number of aromatic nitrogens is 1. The number of carbonyl (C=O) groups excluding carboxylic acids is 2. The zero-order valence-corrected chi connectivity index (χ0v) is 15.0. The lowest BCUT2D eigenvalue weighted by atomic mass is 10.2. The van der Waals surface area contributed by atoms with E-state index in [2.05, 4.69) is 10.3 Å². The van der Waals surface area contributed by atoms with Gasteiger partial charge in [-0.25, -0.2) is 4.98 Å². The van der Waals surface area contributed by atoms with Gasteiger partial charge in [0.15, 0.2) is 4.34 Å². The summed E-state index contributed by atoms with van der Waals surface area (Å²) in [7, 11) is 1.66. The van der Waals surface area contributed by atoms with Crippen LogP contribution in [-0.2, 0) is 9.59 Å². The Labute approximate surface area is 149 Å². The maximum Gasteiger partial charge on any atom is 0.239 e. The zero-order chi connectivity index (χ0) is 16.9. The molecule has 0 saturated heterocycles. The second kappa shape index (κ2) is 7.81. The Balaban J connectivity index is 1.47. The topological polar surface area (TPSA) is 62.3 Å². The molecule has 126 valence electrons. The van der Waals surface area contributed by atoms with Crippen molar-refractivity contribution in [1.29, 1.82) is 0 Å². The van der Waals surface area contributed by atoms with Gasteiger partial charge in [0.2, 0.25) is 11.8 Å².